The van der Waals surface area contributed by atoms with Crippen LogP contribution in [0.5, 0.6) is 0 Å². The third-order valence-electron chi connectivity index (χ3n) is 3.03. The summed E-state index contributed by atoms with van der Waals surface area (Å²) in [7, 11) is 0. The topological polar surface area (TPSA) is 58.2 Å². The van der Waals surface area contributed by atoms with E-state index in [-0.39, 0.29) is 11.7 Å². The zero-order valence-corrected chi connectivity index (χ0v) is 13.4. The normalized spacial score (nSPS) is 11.6. The Kier molecular flexibility index (Phi) is 5.27. The number of anilines is 1. The molecule has 2 aromatic rings. The van der Waals surface area contributed by atoms with E-state index in [1.54, 1.807) is 13.0 Å². The largest absolute Gasteiger partial charge is 0.341 e. The third kappa shape index (κ3) is 4.14. The van der Waals surface area contributed by atoms with Crippen molar-refractivity contribution in [1.29, 1.82) is 0 Å². The molecule has 0 saturated carbocycles. The first-order valence-electron chi connectivity index (χ1n) is 6.59. The fourth-order valence-corrected chi connectivity index (χ4v) is 2.19. The molecule has 6 heteroatoms. The Bertz CT molecular complexity index is 692. The first kappa shape index (κ1) is 16.2. The predicted molar refractivity (Wildman–Crippen MR) is 85.7 cm³/mol. The maximum absolute atomic E-state index is 13.6. The SMILES string of the molecule is C[C@H](NC(=O)C(=O)Nc1ccc(Br)cc1F)c1ccccc1. The second-order valence-electron chi connectivity index (χ2n) is 4.68. The summed E-state index contributed by atoms with van der Waals surface area (Å²) in [5.74, 6) is -2.35. The van der Waals surface area contributed by atoms with Gasteiger partial charge in [-0.05, 0) is 30.7 Å². The quantitative estimate of drug-likeness (QED) is 0.820. The number of nitrogens with one attached hydrogen (secondary N) is 2. The average molecular weight is 365 g/mol. The molecule has 22 heavy (non-hydrogen) atoms. The van der Waals surface area contributed by atoms with E-state index >= 15 is 0 Å². The summed E-state index contributed by atoms with van der Waals surface area (Å²) in [5.41, 5.74) is 0.828. The Morgan fingerprint density at radius 3 is 2.41 bits per heavy atom. The molecule has 0 aliphatic rings. The molecule has 0 saturated heterocycles. The molecular weight excluding hydrogens is 351 g/mol. The van der Waals surface area contributed by atoms with Gasteiger partial charge in [0, 0.05) is 4.47 Å². The minimum Gasteiger partial charge on any atom is -0.341 e. The molecule has 2 rings (SSSR count). The molecule has 2 amide bonds. The molecule has 0 heterocycles. The van der Waals surface area contributed by atoms with Crippen LogP contribution in [-0.2, 0) is 9.59 Å². The van der Waals surface area contributed by atoms with Crippen LogP contribution in [0.3, 0.4) is 0 Å². The van der Waals surface area contributed by atoms with Crippen molar-refractivity contribution in [3.63, 3.8) is 0 Å². The highest BCUT2D eigenvalue weighted by atomic mass is 79.9. The Hall–Kier alpha value is -2.21. The summed E-state index contributed by atoms with van der Waals surface area (Å²) >= 11 is 3.12. The minimum absolute atomic E-state index is 0.0456. The molecule has 0 unspecified atom stereocenters. The lowest BCUT2D eigenvalue weighted by Crippen LogP contribution is -2.37. The lowest BCUT2D eigenvalue weighted by molar-refractivity contribution is -0.136. The number of hydrogen-bond donors (Lipinski definition) is 2. The molecule has 0 spiro atoms. The Morgan fingerprint density at radius 1 is 1.09 bits per heavy atom. The zero-order valence-electron chi connectivity index (χ0n) is 11.8. The maximum atomic E-state index is 13.6. The standard InChI is InChI=1S/C16H14BrFN2O2/c1-10(11-5-3-2-4-6-11)19-15(21)16(22)20-14-8-7-12(17)9-13(14)18/h2-10H,1H3,(H,19,21)(H,20,22)/t10-/m0/s1. The number of rotatable bonds is 3. The van der Waals surface area contributed by atoms with Crippen molar-refractivity contribution >= 4 is 33.4 Å². The van der Waals surface area contributed by atoms with Crippen LogP contribution in [0.4, 0.5) is 10.1 Å². The molecule has 2 N–H and O–H groups in total. The van der Waals surface area contributed by atoms with Gasteiger partial charge >= 0.3 is 11.8 Å². The van der Waals surface area contributed by atoms with Crippen molar-refractivity contribution in [3.05, 3.63) is 64.4 Å². The number of carbonyl (C=O) groups excluding carboxylic acids is 2. The highest BCUT2D eigenvalue weighted by Crippen LogP contribution is 2.19. The van der Waals surface area contributed by atoms with Crippen LogP contribution >= 0.6 is 15.9 Å². The van der Waals surface area contributed by atoms with Gasteiger partial charge in [-0.15, -0.1) is 0 Å². The lowest BCUT2D eigenvalue weighted by atomic mass is 10.1. The number of halogens is 2. The number of carbonyl (C=O) groups is 2. The van der Waals surface area contributed by atoms with Gasteiger partial charge in [0.15, 0.2) is 0 Å². The summed E-state index contributed by atoms with van der Waals surface area (Å²) in [6.45, 7) is 1.76. The second-order valence-corrected chi connectivity index (χ2v) is 5.60. The molecule has 1 atom stereocenters. The summed E-state index contributed by atoms with van der Waals surface area (Å²) in [5, 5.41) is 4.81. The van der Waals surface area contributed by atoms with Gasteiger partial charge in [0.05, 0.1) is 11.7 Å². The van der Waals surface area contributed by atoms with Crippen molar-refractivity contribution in [2.24, 2.45) is 0 Å². The molecule has 114 valence electrons. The highest BCUT2D eigenvalue weighted by Gasteiger charge is 2.18. The number of hydrogen-bond acceptors (Lipinski definition) is 2. The average Bonchev–Trinajstić information content (AvgIpc) is 2.50. The van der Waals surface area contributed by atoms with Crippen molar-refractivity contribution in [3.8, 4) is 0 Å². The Balaban J connectivity index is 1.99. The van der Waals surface area contributed by atoms with Crippen LogP contribution < -0.4 is 10.6 Å². The van der Waals surface area contributed by atoms with Crippen LogP contribution in [-0.4, -0.2) is 11.8 Å². The molecule has 0 radical (unpaired) electrons. The van der Waals surface area contributed by atoms with E-state index in [4.69, 9.17) is 0 Å². The van der Waals surface area contributed by atoms with Crippen molar-refractivity contribution in [2.75, 3.05) is 5.32 Å². The van der Waals surface area contributed by atoms with E-state index in [0.717, 1.165) is 5.56 Å². The van der Waals surface area contributed by atoms with E-state index in [1.165, 1.54) is 12.1 Å². The van der Waals surface area contributed by atoms with Gasteiger partial charge in [-0.1, -0.05) is 46.3 Å². The van der Waals surface area contributed by atoms with Crippen molar-refractivity contribution in [1.82, 2.24) is 5.32 Å². The summed E-state index contributed by atoms with van der Waals surface area (Å²) < 4.78 is 14.2. The van der Waals surface area contributed by atoms with Gasteiger partial charge in [-0.25, -0.2) is 4.39 Å². The van der Waals surface area contributed by atoms with Crippen LogP contribution in [0.15, 0.2) is 53.0 Å². The third-order valence-corrected chi connectivity index (χ3v) is 3.53. The van der Waals surface area contributed by atoms with Gasteiger partial charge in [-0.3, -0.25) is 9.59 Å². The van der Waals surface area contributed by atoms with Crippen LogP contribution in [0.2, 0.25) is 0 Å². The summed E-state index contributed by atoms with van der Waals surface area (Å²) in [6.07, 6.45) is 0. The monoisotopic (exact) mass is 364 g/mol. The highest BCUT2D eigenvalue weighted by molar-refractivity contribution is 9.10. The van der Waals surface area contributed by atoms with E-state index in [1.807, 2.05) is 30.3 Å². The van der Waals surface area contributed by atoms with E-state index in [9.17, 15) is 14.0 Å². The second kappa shape index (κ2) is 7.17. The van der Waals surface area contributed by atoms with Crippen molar-refractivity contribution < 1.29 is 14.0 Å². The van der Waals surface area contributed by atoms with Gasteiger partial charge < -0.3 is 10.6 Å². The van der Waals surface area contributed by atoms with Gasteiger partial charge in [0.2, 0.25) is 0 Å². The maximum Gasteiger partial charge on any atom is 0.313 e. The molecule has 0 aromatic heterocycles. The van der Waals surface area contributed by atoms with Crippen LogP contribution in [0.25, 0.3) is 0 Å². The molecule has 4 nitrogen and oxygen atoms in total. The summed E-state index contributed by atoms with van der Waals surface area (Å²) in [6, 6.07) is 13.1. The van der Waals surface area contributed by atoms with Gasteiger partial charge in [0.1, 0.15) is 5.82 Å². The van der Waals surface area contributed by atoms with E-state index < -0.39 is 17.6 Å². The fourth-order valence-electron chi connectivity index (χ4n) is 1.86. The molecule has 2 aromatic carbocycles. The van der Waals surface area contributed by atoms with E-state index in [0.29, 0.717) is 4.47 Å². The smallest absolute Gasteiger partial charge is 0.313 e. The zero-order chi connectivity index (χ0) is 16.1. The van der Waals surface area contributed by atoms with Gasteiger partial charge in [0.25, 0.3) is 0 Å². The molecule has 0 aliphatic heterocycles. The summed E-state index contributed by atoms with van der Waals surface area (Å²) in [4.78, 5) is 23.7. The molecule has 0 bridgehead atoms. The van der Waals surface area contributed by atoms with Crippen LogP contribution in [0.1, 0.15) is 18.5 Å². The predicted octanol–water partition coefficient (Wildman–Crippen LogP) is 3.40. The number of benzene rings is 2. The first-order chi connectivity index (χ1) is 10.5. The number of amides is 2. The van der Waals surface area contributed by atoms with Gasteiger partial charge in [-0.2, -0.15) is 0 Å². The molecular formula is C16H14BrFN2O2. The lowest BCUT2D eigenvalue weighted by Gasteiger charge is -2.14. The minimum atomic E-state index is -0.913. The first-order valence-corrected chi connectivity index (χ1v) is 7.38. The van der Waals surface area contributed by atoms with Crippen LogP contribution in [0, 0.1) is 5.82 Å². The van der Waals surface area contributed by atoms with Crippen molar-refractivity contribution in [2.45, 2.75) is 13.0 Å². The fraction of sp³-hybridized carbons (Fsp3) is 0.125. The van der Waals surface area contributed by atoms with E-state index in [2.05, 4.69) is 26.6 Å². The Morgan fingerprint density at radius 2 is 1.77 bits per heavy atom. The molecule has 0 aliphatic carbocycles. The molecule has 0 fully saturated rings. The Labute approximate surface area is 135 Å².